The van der Waals surface area contributed by atoms with Gasteiger partial charge in [-0.2, -0.15) is 0 Å². The fourth-order valence-electron chi connectivity index (χ4n) is 1.32. The van der Waals surface area contributed by atoms with E-state index in [0.717, 1.165) is 0 Å². The van der Waals surface area contributed by atoms with Crippen LogP contribution in [0, 0.1) is 0 Å². The highest BCUT2D eigenvalue weighted by Gasteiger charge is 2.09. The van der Waals surface area contributed by atoms with Gasteiger partial charge in [0.05, 0.1) is 6.61 Å². The van der Waals surface area contributed by atoms with Crippen molar-refractivity contribution in [3.05, 3.63) is 23.7 Å². The third-order valence-electron chi connectivity index (χ3n) is 2.04. The van der Waals surface area contributed by atoms with Gasteiger partial charge >= 0.3 is 5.97 Å². The summed E-state index contributed by atoms with van der Waals surface area (Å²) in [7, 11) is 0. The van der Waals surface area contributed by atoms with Crippen molar-refractivity contribution >= 4 is 23.1 Å². The van der Waals surface area contributed by atoms with Crippen molar-refractivity contribution in [3.63, 3.8) is 0 Å². The lowest BCUT2D eigenvalue weighted by Gasteiger charge is -2.13. The highest BCUT2D eigenvalue weighted by atomic mass is 32.1. The second-order valence-corrected chi connectivity index (χ2v) is 4.05. The summed E-state index contributed by atoms with van der Waals surface area (Å²) in [5.41, 5.74) is 0. The van der Waals surface area contributed by atoms with Crippen LogP contribution in [0.25, 0.3) is 0 Å². The summed E-state index contributed by atoms with van der Waals surface area (Å²) >= 11 is 4.96. The van der Waals surface area contributed by atoms with E-state index in [1.165, 1.54) is 12.2 Å². The molecule has 5 heteroatoms. The number of ether oxygens (including phenoxy) is 1. The largest absolute Gasteiger partial charge is 0.508 e. The molecular formula is C11H14O4S. The van der Waals surface area contributed by atoms with E-state index in [-0.39, 0.29) is 12.2 Å². The SMILES string of the molecule is O=C(O)CCCCOC1=CC(O)=CC(=S)C1. The molecule has 0 unspecified atom stereocenters. The Kier molecular flexibility index (Phi) is 4.98. The highest BCUT2D eigenvalue weighted by molar-refractivity contribution is 7.80. The van der Waals surface area contributed by atoms with E-state index < -0.39 is 5.97 Å². The van der Waals surface area contributed by atoms with E-state index in [1.54, 1.807) is 0 Å². The Hall–Kier alpha value is -1.36. The van der Waals surface area contributed by atoms with Crippen molar-refractivity contribution in [2.45, 2.75) is 25.7 Å². The number of hydrogen-bond acceptors (Lipinski definition) is 4. The first kappa shape index (κ1) is 12.7. The number of carboxylic acid groups (broad SMARTS) is 1. The molecule has 0 atom stereocenters. The summed E-state index contributed by atoms with van der Waals surface area (Å²) in [6.07, 6.45) is 5.01. The van der Waals surface area contributed by atoms with Crippen molar-refractivity contribution in [1.82, 2.24) is 0 Å². The number of aliphatic hydroxyl groups excluding tert-OH is 1. The van der Waals surface area contributed by atoms with Crippen molar-refractivity contribution in [3.8, 4) is 0 Å². The van der Waals surface area contributed by atoms with Gasteiger partial charge in [0.15, 0.2) is 0 Å². The van der Waals surface area contributed by atoms with Gasteiger partial charge in [0.1, 0.15) is 11.5 Å². The predicted molar refractivity (Wildman–Crippen MR) is 63.4 cm³/mol. The second kappa shape index (κ2) is 6.27. The number of carbonyl (C=O) groups is 1. The smallest absolute Gasteiger partial charge is 0.303 e. The first-order valence-corrected chi connectivity index (χ1v) is 5.47. The molecule has 0 fully saturated rings. The van der Waals surface area contributed by atoms with Crippen LogP contribution >= 0.6 is 12.2 Å². The molecule has 0 heterocycles. The lowest BCUT2D eigenvalue weighted by Crippen LogP contribution is -2.06. The monoisotopic (exact) mass is 242 g/mol. The van der Waals surface area contributed by atoms with Crippen LogP contribution in [-0.2, 0) is 9.53 Å². The quantitative estimate of drug-likeness (QED) is 0.553. The molecule has 16 heavy (non-hydrogen) atoms. The molecule has 0 spiro atoms. The minimum atomic E-state index is -0.793. The number of aliphatic carboxylic acids is 1. The van der Waals surface area contributed by atoms with Crippen LogP contribution in [0.2, 0.25) is 0 Å². The fourth-order valence-corrected chi connectivity index (χ4v) is 1.58. The number of unbranched alkanes of at least 4 members (excludes halogenated alkanes) is 1. The zero-order chi connectivity index (χ0) is 12.0. The van der Waals surface area contributed by atoms with Crippen molar-refractivity contribution < 1.29 is 19.7 Å². The number of rotatable bonds is 6. The Morgan fingerprint density at radius 2 is 2.19 bits per heavy atom. The second-order valence-electron chi connectivity index (χ2n) is 3.52. The molecule has 1 aliphatic carbocycles. The molecule has 0 aromatic heterocycles. The van der Waals surface area contributed by atoms with E-state index in [9.17, 15) is 9.90 Å². The summed E-state index contributed by atoms with van der Waals surface area (Å²) in [6, 6.07) is 0. The number of carboxylic acids is 1. The Balaban J connectivity index is 2.21. The summed E-state index contributed by atoms with van der Waals surface area (Å²) in [4.78, 5) is 10.9. The minimum absolute atomic E-state index is 0.108. The maximum absolute atomic E-state index is 10.2. The number of allylic oxidation sites excluding steroid dienone is 3. The van der Waals surface area contributed by atoms with Gasteiger partial charge in [-0.05, 0) is 18.9 Å². The molecule has 0 aliphatic heterocycles. The van der Waals surface area contributed by atoms with Crippen LogP contribution in [0.1, 0.15) is 25.7 Å². The van der Waals surface area contributed by atoms with Crippen molar-refractivity contribution in [2.75, 3.05) is 6.61 Å². The number of hydrogen-bond donors (Lipinski definition) is 2. The number of thiocarbonyl (C=S) groups is 1. The summed E-state index contributed by atoms with van der Waals surface area (Å²) < 4.78 is 5.39. The van der Waals surface area contributed by atoms with Gasteiger partial charge < -0.3 is 14.9 Å². The van der Waals surface area contributed by atoms with Gasteiger partial charge in [-0.3, -0.25) is 4.79 Å². The molecule has 1 rings (SSSR count). The van der Waals surface area contributed by atoms with Gasteiger partial charge in [0.25, 0.3) is 0 Å². The molecule has 88 valence electrons. The third-order valence-corrected chi connectivity index (χ3v) is 2.30. The third kappa shape index (κ3) is 4.93. The zero-order valence-electron chi connectivity index (χ0n) is 8.81. The fraction of sp³-hybridized carbons (Fsp3) is 0.455. The van der Waals surface area contributed by atoms with E-state index in [4.69, 9.17) is 22.1 Å². The molecule has 1 aliphatic rings. The maximum Gasteiger partial charge on any atom is 0.303 e. The molecule has 4 nitrogen and oxygen atoms in total. The van der Waals surface area contributed by atoms with Crippen LogP contribution in [-0.4, -0.2) is 27.7 Å². The molecule has 0 saturated heterocycles. The lowest BCUT2D eigenvalue weighted by atomic mass is 10.1. The minimum Gasteiger partial charge on any atom is -0.508 e. The molecular weight excluding hydrogens is 228 g/mol. The van der Waals surface area contributed by atoms with Crippen LogP contribution in [0.15, 0.2) is 23.7 Å². The van der Waals surface area contributed by atoms with Crippen LogP contribution in [0.3, 0.4) is 0 Å². The first-order chi connectivity index (χ1) is 7.58. The standard InChI is InChI=1S/C11H14O4S/c12-8-5-9(7-10(16)6-8)15-4-2-1-3-11(13)14/h5-6,12H,1-4,7H2,(H,13,14). The molecule has 0 saturated carbocycles. The zero-order valence-corrected chi connectivity index (χ0v) is 9.63. The predicted octanol–water partition coefficient (Wildman–Crippen LogP) is 2.36. The van der Waals surface area contributed by atoms with E-state index in [1.807, 2.05) is 0 Å². The highest BCUT2D eigenvalue weighted by Crippen LogP contribution is 2.16. The molecule has 0 aromatic carbocycles. The molecule has 0 aromatic rings. The molecule has 2 N–H and O–H groups in total. The van der Waals surface area contributed by atoms with Crippen molar-refractivity contribution in [1.29, 1.82) is 0 Å². The van der Waals surface area contributed by atoms with Crippen LogP contribution in [0.5, 0.6) is 0 Å². The number of aliphatic hydroxyl groups is 1. The van der Waals surface area contributed by atoms with Gasteiger partial charge in [0.2, 0.25) is 0 Å². The maximum atomic E-state index is 10.2. The molecule has 0 bridgehead atoms. The Morgan fingerprint density at radius 1 is 1.44 bits per heavy atom. The van der Waals surface area contributed by atoms with Crippen LogP contribution in [0.4, 0.5) is 0 Å². The summed E-state index contributed by atoms with van der Waals surface area (Å²) in [6.45, 7) is 0.453. The molecule has 0 amide bonds. The van der Waals surface area contributed by atoms with E-state index in [0.29, 0.717) is 36.5 Å². The van der Waals surface area contributed by atoms with Gasteiger partial charge in [-0.25, -0.2) is 0 Å². The Bertz CT molecular complexity index is 344. The molecule has 0 radical (unpaired) electrons. The Morgan fingerprint density at radius 3 is 2.81 bits per heavy atom. The van der Waals surface area contributed by atoms with E-state index >= 15 is 0 Å². The topological polar surface area (TPSA) is 66.8 Å². The first-order valence-electron chi connectivity index (χ1n) is 5.06. The van der Waals surface area contributed by atoms with Crippen LogP contribution < -0.4 is 0 Å². The van der Waals surface area contributed by atoms with E-state index in [2.05, 4.69) is 0 Å². The Labute approximate surface area is 99.2 Å². The lowest BCUT2D eigenvalue weighted by molar-refractivity contribution is -0.137. The normalized spacial score (nSPS) is 15.4. The van der Waals surface area contributed by atoms with Gasteiger partial charge in [-0.15, -0.1) is 0 Å². The summed E-state index contributed by atoms with van der Waals surface area (Å²) in [5.74, 6) is -0.0456. The summed E-state index contributed by atoms with van der Waals surface area (Å²) in [5, 5.41) is 17.7. The average molecular weight is 242 g/mol. The van der Waals surface area contributed by atoms with Gasteiger partial charge in [-0.1, -0.05) is 12.2 Å². The average Bonchev–Trinajstić information content (AvgIpc) is 2.15. The van der Waals surface area contributed by atoms with Crippen molar-refractivity contribution in [2.24, 2.45) is 0 Å². The van der Waals surface area contributed by atoms with Gasteiger partial charge in [0, 0.05) is 23.8 Å².